The molecule has 196 valence electrons. The Balaban J connectivity index is 0.000000165. The van der Waals surface area contributed by atoms with Crippen LogP contribution in [-0.2, 0) is 6.54 Å². The minimum Gasteiger partial charge on any atom is -0.266 e. The van der Waals surface area contributed by atoms with Gasteiger partial charge in [0, 0.05) is 47.4 Å². The molecular formula is C28H25BrN8O2. The average molecular weight is 585 g/mol. The average Bonchev–Trinajstić information content (AvgIpc) is 2.99. The standard InChI is InChI=1S/C14H12N4O.C12H8N4O.C2H5Br/c1-2-18-14(19)13-10(6-5-9-16-13)12(17-18)11-7-3-4-8-15-11;17-12-11-8(4-3-7-14-11)10(15-16-12)9-5-1-2-6-13-9;1-2-3/h3-9H,2H2,1H3;1-7H,(H,16,17);2H2,1H3. The monoisotopic (exact) mass is 584 g/mol. The first-order valence-corrected chi connectivity index (χ1v) is 13.3. The maximum absolute atomic E-state index is 12.2. The molecular weight excluding hydrogens is 560 g/mol. The van der Waals surface area contributed by atoms with Gasteiger partial charge in [0.15, 0.2) is 0 Å². The van der Waals surface area contributed by atoms with Gasteiger partial charge >= 0.3 is 0 Å². The Morgan fingerprint density at radius 3 is 1.82 bits per heavy atom. The summed E-state index contributed by atoms with van der Waals surface area (Å²) in [4.78, 5) is 40.5. The van der Waals surface area contributed by atoms with Crippen LogP contribution in [0.15, 0.2) is 95.0 Å². The van der Waals surface area contributed by atoms with Crippen molar-refractivity contribution in [3.8, 4) is 22.8 Å². The Kier molecular flexibility index (Phi) is 9.30. The van der Waals surface area contributed by atoms with E-state index < -0.39 is 0 Å². The van der Waals surface area contributed by atoms with Crippen molar-refractivity contribution in [1.29, 1.82) is 0 Å². The summed E-state index contributed by atoms with van der Waals surface area (Å²) >= 11 is 3.15. The van der Waals surface area contributed by atoms with Crippen molar-refractivity contribution in [1.82, 2.24) is 39.9 Å². The lowest BCUT2D eigenvalue weighted by molar-refractivity contribution is 0.624. The number of alkyl halides is 1. The Hall–Kier alpha value is -4.64. The highest BCUT2D eigenvalue weighted by Crippen LogP contribution is 2.21. The lowest BCUT2D eigenvalue weighted by Gasteiger charge is -2.08. The molecule has 0 spiro atoms. The summed E-state index contributed by atoms with van der Waals surface area (Å²) in [6.45, 7) is 4.43. The molecule has 0 atom stereocenters. The zero-order chi connectivity index (χ0) is 27.6. The van der Waals surface area contributed by atoms with Crippen LogP contribution in [0, 0.1) is 0 Å². The fourth-order valence-electron chi connectivity index (χ4n) is 3.71. The van der Waals surface area contributed by atoms with Gasteiger partial charge in [-0.05, 0) is 55.5 Å². The van der Waals surface area contributed by atoms with Gasteiger partial charge in [0.25, 0.3) is 11.1 Å². The summed E-state index contributed by atoms with van der Waals surface area (Å²) in [6, 6.07) is 18.4. The fraction of sp³-hybridized carbons (Fsp3) is 0.143. The molecule has 1 N–H and O–H groups in total. The largest absolute Gasteiger partial charge is 0.293 e. The second-order valence-corrected chi connectivity index (χ2v) is 8.99. The number of nitrogens with zero attached hydrogens (tertiary/aromatic N) is 7. The summed E-state index contributed by atoms with van der Waals surface area (Å²) in [5, 5.41) is 13.4. The van der Waals surface area contributed by atoms with E-state index in [0.717, 1.165) is 16.4 Å². The number of halogens is 1. The molecule has 0 fully saturated rings. The van der Waals surface area contributed by atoms with Gasteiger partial charge in [-0.3, -0.25) is 29.5 Å². The first-order valence-electron chi connectivity index (χ1n) is 12.2. The number of aromatic nitrogens is 8. The van der Waals surface area contributed by atoms with Crippen molar-refractivity contribution >= 4 is 37.7 Å². The second kappa shape index (κ2) is 13.2. The van der Waals surface area contributed by atoms with Crippen molar-refractivity contribution in [2.75, 3.05) is 5.33 Å². The number of hydrogen-bond acceptors (Lipinski definition) is 8. The highest BCUT2D eigenvalue weighted by atomic mass is 79.9. The van der Waals surface area contributed by atoms with Gasteiger partial charge in [-0.2, -0.15) is 10.2 Å². The number of pyridine rings is 4. The quantitative estimate of drug-likeness (QED) is 0.297. The topological polar surface area (TPSA) is 132 Å². The number of aryl methyl sites for hydroxylation is 1. The molecule has 0 saturated carbocycles. The Labute approximate surface area is 232 Å². The lowest BCUT2D eigenvalue weighted by atomic mass is 10.1. The van der Waals surface area contributed by atoms with E-state index in [0.29, 0.717) is 40.0 Å². The third-order valence-electron chi connectivity index (χ3n) is 5.38. The summed E-state index contributed by atoms with van der Waals surface area (Å²) < 4.78 is 1.42. The predicted octanol–water partition coefficient (Wildman–Crippen LogP) is 4.65. The molecule has 0 aromatic carbocycles. The van der Waals surface area contributed by atoms with E-state index in [1.165, 1.54) is 4.68 Å². The van der Waals surface area contributed by atoms with E-state index in [1.54, 1.807) is 36.9 Å². The number of fused-ring (bicyclic) bond motifs is 2. The van der Waals surface area contributed by atoms with Gasteiger partial charge in [0.05, 0.1) is 11.4 Å². The minimum absolute atomic E-state index is 0.169. The van der Waals surface area contributed by atoms with Gasteiger partial charge in [0.1, 0.15) is 22.4 Å². The van der Waals surface area contributed by atoms with Gasteiger partial charge in [-0.25, -0.2) is 9.78 Å². The second-order valence-electron chi connectivity index (χ2n) is 7.87. The lowest BCUT2D eigenvalue weighted by Crippen LogP contribution is -2.23. The van der Waals surface area contributed by atoms with Crippen LogP contribution < -0.4 is 11.1 Å². The Morgan fingerprint density at radius 2 is 1.26 bits per heavy atom. The summed E-state index contributed by atoms with van der Waals surface area (Å²) in [5.41, 5.74) is 3.11. The molecule has 0 amide bonds. The molecule has 0 aliphatic rings. The van der Waals surface area contributed by atoms with Gasteiger partial charge < -0.3 is 0 Å². The molecule has 0 saturated heterocycles. The molecule has 11 heteroatoms. The normalized spacial score (nSPS) is 10.3. The minimum atomic E-state index is -0.291. The number of H-pyrrole nitrogens is 1. The third-order valence-corrected chi connectivity index (χ3v) is 5.38. The first-order chi connectivity index (χ1) is 19.1. The Bertz CT molecular complexity index is 1790. The van der Waals surface area contributed by atoms with Crippen LogP contribution in [-0.4, -0.2) is 45.2 Å². The molecule has 6 aromatic heterocycles. The number of rotatable bonds is 3. The van der Waals surface area contributed by atoms with Crippen molar-refractivity contribution in [3.63, 3.8) is 0 Å². The highest BCUT2D eigenvalue weighted by molar-refractivity contribution is 9.09. The van der Waals surface area contributed by atoms with E-state index in [-0.39, 0.29) is 11.1 Å². The van der Waals surface area contributed by atoms with Crippen molar-refractivity contribution in [2.45, 2.75) is 20.4 Å². The number of aromatic amines is 1. The molecule has 39 heavy (non-hydrogen) atoms. The molecule has 0 aliphatic carbocycles. The third kappa shape index (κ3) is 6.27. The van der Waals surface area contributed by atoms with Crippen LogP contribution in [0.25, 0.3) is 44.6 Å². The van der Waals surface area contributed by atoms with Crippen molar-refractivity contribution in [2.24, 2.45) is 0 Å². The first kappa shape index (κ1) is 27.4. The van der Waals surface area contributed by atoms with E-state index >= 15 is 0 Å². The molecule has 6 heterocycles. The van der Waals surface area contributed by atoms with Gasteiger partial charge in [-0.15, -0.1) is 0 Å². The van der Waals surface area contributed by atoms with Crippen LogP contribution >= 0.6 is 15.9 Å². The van der Waals surface area contributed by atoms with E-state index in [1.807, 2.05) is 62.4 Å². The van der Waals surface area contributed by atoms with Crippen LogP contribution in [0.2, 0.25) is 0 Å². The molecule has 0 radical (unpaired) electrons. The Morgan fingerprint density at radius 1 is 0.718 bits per heavy atom. The molecule has 0 aliphatic heterocycles. The summed E-state index contributed by atoms with van der Waals surface area (Å²) in [6.07, 6.45) is 6.59. The maximum atomic E-state index is 12.2. The zero-order valence-corrected chi connectivity index (χ0v) is 22.9. The molecule has 6 rings (SSSR count). The van der Waals surface area contributed by atoms with E-state index in [9.17, 15) is 9.59 Å². The summed E-state index contributed by atoms with van der Waals surface area (Å²) in [7, 11) is 0. The smallest absolute Gasteiger partial charge is 0.266 e. The number of hydrogen-bond donors (Lipinski definition) is 1. The van der Waals surface area contributed by atoms with Gasteiger partial charge in [0.2, 0.25) is 0 Å². The van der Waals surface area contributed by atoms with Crippen LogP contribution in [0.5, 0.6) is 0 Å². The maximum Gasteiger partial charge on any atom is 0.293 e. The SMILES string of the molecule is CCBr.CCn1nc(-c2ccccn2)c2cccnc2c1=O.O=c1[nH]nc(-c2ccccn2)c2cccnc12. The van der Waals surface area contributed by atoms with E-state index in [2.05, 4.69) is 51.2 Å². The van der Waals surface area contributed by atoms with Gasteiger partial charge in [-0.1, -0.05) is 35.0 Å². The van der Waals surface area contributed by atoms with Crippen LogP contribution in [0.4, 0.5) is 0 Å². The molecule has 10 nitrogen and oxygen atoms in total. The van der Waals surface area contributed by atoms with Crippen LogP contribution in [0.1, 0.15) is 13.8 Å². The summed E-state index contributed by atoms with van der Waals surface area (Å²) in [5.74, 6) is 0. The van der Waals surface area contributed by atoms with Crippen molar-refractivity contribution < 1.29 is 0 Å². The van der Waals surface area contributed by atoms with Crippen molar-refractivity contribution in [3.05, 3.63) is 106 Å². The predicted molar refractivity (Wildman–Crippen MR) is 156 cm³/mol. The highest BCUT2D eigenvalue weighted by Gasteiger charge is 2.13. The van der Waals surface area contributed by atoms with Crippen LogP contribution in [0.3, 0.4) is 0 Å². The van der Waals surface area contributed by atoms with E-state index in [4.69, 9.17) is 0 Å². The molecule has 0 bridgehead atoms. The zero-order valence-electron chi connectivity index (χ0n) is 21.3. The molecule has 0 unspecified atom stereocenters. The number of nitrogens with one attached hydrogen (secondary N) is 1. The molecule has 6 aromatic rings. The fourth-order valence-corrected chi connectivity index (χ4v) is 3.71.